The Morgan fingerprint density at radius 3 is 2.40 bits per heavy atom. The van der Waals surface area contributed by atoms with Gasteiger partial charge in [0.15, 0.2) is 0 Å². The number of fused-ring (bicyclic) bond motifs is 1. The molecule has 1 aromatic carbocycles. The molecule has 3 aromatic rings. The lowest BCUT2D eigenvalue weighted by atomic mass is 10.1. The molecule has 0 amide bonds. The van der Waals surface area contributed by atoms with Gasteiger partial charge in [-0.05, 0) is 36.2 Å². The van der Waals surface area contributed by atoms with Gasteiger partial charge in [-0.1, -0.05) is 43.6 Å². The number of hydrogen-bond acceptors (Lipinski definition) is 1. The van der Waals surface area contributed by atoms with E-state index in [-0.39, 0.29) is 11.6 Å². The van der Waals surface area contributed by atoms with Crippen LogP contribution in [0.25, 0.3) is 11.2 Å². The number of nitrogens with zero attached hydrogens (tertiary/aromatic N) is 2. The fourth-order valence-electron chi connectivity index (χ4n) is 2.43. The molecule has 0 bridgehead atoms. The van der Waals surface area contributed by atoms with Gasteiger partial charge in [0.05, 0.1) is 11.2 Å². The van der Waals surface area contributed by atoms with Crippen molar-refractivity contribution in [3.8, 4) is 5.69 Å². The Balaban J connectivity index is 2.45. The number of benzene rings is 1. The predicted molar refractivity (Wildman–Crippen MR) is 82.1 cm³/mol. The van der Waals surface area contributed by atoms with E-state index in [1.165, 1.54) is 4.40 Å². The van der Waals surface area contributed by atoms with Crippen LogP contribution in [0.3, 0.4) is 0 Å². The highest BCUT2D eigenvalue weighted by atomic mass is 35.5. The molecule has 20 heavy (non-hydrogen) atoms. The highest BCUT2D eigenvalue weighted by molar-refractivity contribution is 6.30. The Morgan fingerprint density at radius 2 is 1.75 bits per heavy atom. The molecule has 4 heteroatoms. The topological polar surface area (TPSA) is 26.4 Å². The first-order valence-corrected chi connectivity index (χ1v) is 6.95. The number of hydrogen-bond donors (Lipinski definition) is 0. The Morgan fingerprint density at radius 1 is 1.05 bits per heavy atom. The third-order valence-corrected chi connectivity index (χ3v) is 3.70. The van der Waals surface area contributed by atoms with Gasteiger partial charge in [-0.25, -0.2) is 4.79 Å². The van der Waals surface area contributed by atoms with Crippen molar-refractivity contribution in [1.29, 1.82) is 0 Å². The summed E-state index contributed by atoms with van der Waals surface area (Å²) in [5, 5.41) is 0.435. The summed E-state index contributed by atoms with van der Waals surface area (Å²) in [7, 11) is 0. The van der Waals surface area contributed by atoms with E-state index in [2.05, 4.69) is 13.8 Å². The highest BCUT2D eigenvalue weighted by Crippen LogP contribution is 2.21. The van der Waals surface area contributed by atoms with Crippen LogP contribution in [0.5, 0.6) is 0 Å². The van der Waals surface area contributed by atoms with Gasteiger partial charge < -0.3 is 0 Å². The van der Waals surface area contributed by atoms with Crippen LogP contribution in [0.2, 0.25) is 5.15 Å². The molecule has 2 heterocycles. The van der Waals surface area contributed by atoms with Crippen molar-refractivity contribution in [2.75, 3.05) is 0 Å². The quantitative estimate of drug-likeness (QED) is 0.702. The standard InChI is InChI=1S/C16H15ClN2O/c1-11(2)14-10-13-8-9-15(17)19(13)16(20)18(14)12-6-4-3-5-7-12/h3-11H,1-2H3. The lowest BCUT2D eigenvalue weighted by molar-refractivity contribution is 0.733. The van der Waals surface area contributed by atoms with Crippen LogP contribution in [0, 0.1) is 0 Å². The summed E-state index contributed by atoms with van der Waals surface area (Å²) >= 11 is 6.12. The van der Waals surface area contributed by atoms with E-state index < -0.39 is 0 Å². The summed E-state index contributed by atoms with van der Waals surface area (Å²) in [4.78, 5) is 12.8. The number of para-hydroxylation sites is 1. The SMILES string of the molecule is CC(C)c1cc2ccc(Cl)n2c(=O)n1-c1ccccc1. The number of halogens is 1. The second-order valence-electron chi connectivity index (χ2n) is 5.09. The highest BCUT2D eigenvalue weighted by Gasteiger charge is 2.14. The fraction of sp³-hybridized carbons (Fsp3) is 0.188. The van der Waals surface area contributed by atoms with Crippen LogP contribution in [0.1, 0.15) is 25.5 Å². The lowest BCUT2D eigenvalue weighted by Crippen LogP contribution is -2.28. The molecule has 0 fully saturated rings. The van der Waals surface area contributed by atoms with E-state index in [1.807, 2.05) is 42.5 Å². The van der Waals surface area contributed by atoms with Crippen molar-refractivity contribution >= 4 is 17.1 Å². The maximum atomic E-state index is 12.8. The van der Waals surface area contributed by atoms with E-state index in [1.54, 1.807) is 10.6 Å². The van der Waals surface area contributed by atoms with Crippen molar-refractivity contribution in [2.24, 2.45) is 0 Å². The number of rotatable bonds is 2. The van der Waals surface area contributed by atoms with Gasteiger partial charge in [-0.2, -0.15) is 0 Å². The Hall–Kier alpha value is -2.00. The summed E-state index contributed by atoms with van der Waals surface area (Å²) in [6.07, 6.45) is 0. The summed E-state index contributed by atoms with van der Waals surface area (Å²) in [6.45, 7) is 4.16. The van der Waals surface area contributed by atoms with Crippen LogP contribution < -0.4 is 5.69 Å². The zero-order valence-corrected chi connectivity index (χ0v) is 12.1. The molecule has 0 atom stereocenters. The maximum Gasteiger partial charge on any atom is 0.338 e. The van der Waals surface area contributed by atoms with Crippen LogP contribution in [0.4, 0.5) is 0 Å². The first-order chi connectivity index (χ1) is 9.59. The molecular formula is C16H15ClN2O. The van der Waals surface area contributed by atoms with Gasteiger partial charge in [0.1, 0.15) is 5.15 Å². The molecule has 0 saturated carbocycles. The molecule has 0 N–H and O–H groups in total. The molecule has 3 nitrogen and oxygen atoms in total. The molecule has 102 valence electrons. The lowest BCUT2D eigenvalue weighted by Gasteiger charge is -2.16. The van der Waals surface area contributed by atoms with Crippen LogP contribution in [0.15, 0.2) is 53.3 Å². The molecule has 0 aliphatic carbocycles. The van der Waals surface area contributed by atoms with Crippen LogP contribution in [-0.4, -0.2) is 8.97 Å². The van der Waals surface area contributed by atoms with E-state index in [0.717, 1.165) is 16.9 Å². The zero-order chi connectivity index (χ0) is 14.3. The molecule has 0 aliphatic heterocycles. The Kier molecular flexibility index (Phi) is 3.14. The van der Waals surface area contributed by atoms with E-state index in [4.69, 9.17) is 11.6 Å². The van der Waals surface area contributed by atoms with Crippen molar-refractivity contribution in [3.05, 3.63) is 69.9 Å². The minimum absolute atomic E-state index is 0.132. The van der Waals surface area contributed by atoms with Crippen molar-refractivity contribution in [3.63, 3.8) is 0 Å². The minimum Gasteiger partial charge on any atom is -0.266 e. The molecule has 0 radical (unpaired) electrons. The summed E-state index contributed by atoms with van der Waals surface area (Å²) in [5.74, 6) is 0.238. The van der Waals surface area contributed by atoms with Gasteiger partial charge >= 0.3 is 5.69 Å². The molecule has 3 rings (SSSR count). The van der Waals surface area contributed by atoms with Crippen LogP contribution >= 0.6 is 11.6 Å². The molecule has 0 spiro atoms. The number of aromatic nitrogens is 2. The van der Waals surface area contributed by atoms with Gasteiger partial charge in [0.2, 0.25) is 0 Å². The average Bonchev–Trinajstić information content (AvgIpc) is 2.81. The van der Waals surface area contributed by atoms with Gasteiger partial charge in [-0.3, -0.25) is 8.97 Å². The summed E-state index contributed by atoms with van der Waals surface area (Å²) in [6, 6.07) is 15.3. The van der Waals surface area contributed by atoms with Crippen molar-refractivity contribution in [2.45, 2.75) is 19.8 Å². The Bertz CT molecular complexity index is 816. The molecular weight excluding hydrogens is 272 g/mol. The molecule has 0 unspecified atom stereocenters. The van der Waals surface area contributed by atoms with Gasteiger partial charge in [-0.15, -0.1) is 0 Å². The van der Waals surface area contributed by atoms with E-state index in [9.17, 15) is 4.79 Å². The molecule has 0 saturated heterocycles. The monoisotopic (exact) mass is 286 g/mol. The third-order valence-electron chi connectivity index (χ3n) is 3.41. The van der Waals surface area contributed by atoms with Crippen molar-refractivity contribution in [1.82, 2.24) is 8.97 Å². The van der Waals surface area contributed by atoms with E-state index >= 15 is 0 Å². The smallest absolute Gasteiger partial charge is 0.266 e. The average molecular weight is 287 g/mol. The van der Waals surface area contributed by atoms with E-state index in [0.29, 0.717) is 5.15 Å². The summed E-state index contributed by atoms with van der Waals surface area (Å²) in [5.41, 5.74) is 2.53. The second kappa shape index (κ2) is 4.84. The Labute approximate surface area is 122 Å². The minimum atomic E-state index is -0.132. The fourth-order valence-corrected chi connectivity index (χ4v) is 2.66. The molecule has 2 aromatic heterocycles. The van der Waals surface area contributed by atoms with Crippen molar-refractivity contribution < 1.29 is 0 Å². The largest absolute Gasteiger partial charge is 0.338 e. The molecule has 0 aliphatic rings. The normalized spacial score (nSPS) is 11.4. The zero-order valence-electron chi connectivity index (χ0n) is 11.4. The second-order valence-corrected chi connectivity index (χ2v) is 5.48. The third kappa shape index (κ3) is 1.95. The predicted octanol–water partition coefficient (Wildman–Crippen LogP) is 3.87. The first-order valence-electron chi connectivity index (χ1n) is 6.58. The van der Waals surface area contributed by atoms with Gasteiger partial charge in [0, 0.05) is 5.69 Å². The van der Waals surface area contributed by atoms with Crippen LogP contribution in [-0.2, 0) is 0 Å². The maximum absolute atomic E-state index is 12.8. The summed E-state index contributed by atoms with van der Waals surface area (Å²) < 4.78 is 3.25. The van der Waals surface area contributed by atoms with Gasteiger partial charge in [0.25, 0.3) is 0 Å². The first kappa shape index (κ1) is 13.0.